The van der Waals surface area contributed by atoms with E-state index in [9.17, 15) is 14.4 Å². The number of carbonyl (C=O) groups excluding carboxylic acids is 2. The van der Waals surface area contributed by atoms with E-state index in [1.807, 2.05) is 26.0 Å². The van der Waals surface area contributed by atoms with Gasteiger partial charge < -0.3 is 14.9 Å². The molecule has 0 bridgehead atoms. The molecule has 0 fully saturated rings. The van der Waals surface area contributed by atoms with Crippen LogP contribution >= 0.6 is 0 Å². The first-order valence-corrected chi connectivity index (χ1v) is 7.31. The van der Waals surface area contributed by atoms with Gasteiger partial charge in [0, 0.05) is 17.4 Å². The minimum Gasteiger partial charge on any atom is -0.453 e. The van der Waals surface area contributed by atoms with Gasteiger partial charge in [0.1, 0.15) is 5.58 Å². The van der Waals surface area contributed by atoms with E-state index in [2.05, 4.69) is 0 Å². The zero-order valence-electron chi connectivity index (χ0n) is 13.3. The molecule has 0 saturated carbocycles. The second kappa shape index (κ2) is 6.64. The number of benzene rings is 1. The molecule has 6 nitrogen and oxygen atoms in total. The maximum absolute atomic E-state index is 12.1. The maximum atomic E-state index is 12.1. The lowest BCUT2D eigenvalue weighted by molar-refractivity contribution is -0.153. The fourth-order valence-electron chi connectivity index (χ4n) is 2.33. The molecule has 0 aliphatic rings. The molecule has 6 heteroatoms. The van der Waals surface area contributed by atoms with Crippen LogP contribution in [0.1, 0.15) is 30.0 Å². The van der Waals surface area contributed by atoms with Crippen LogP contribution in [0, 0.1) is 13.8 Å². The minimum absolute atomic E-state index is 0.0272. The van der Waals surface area contributed by atoms with Gasteiger partial charge in [0.05, 0.1) is 0 Å². The van der Waals surface area contributed by atoms with Crippen LogP contribution in [0.2, 0.25) is 0 Å². The van der Waals surface area contributed by atoms with E-state index in [4.69, 9.17) is 14.9 Å². The number of carbonyl (C=O) groups is 2. The summed E-state index contributed by atoms with van der Waals surface area (Å²) in [6.45, 7) is 5.14. The molecule has 2 rings (SSSR count). The van der Waals surface area contributed by atoms with Crippen LogP contribution in [0.3, 0.4) is 0 Å². The van der Waals surface area contributed by atoms with Crippen molar-refractivity contribution >= 4 is 22.8 Å². The van der Waals surface area contributed by atoms with Crippen molar-refractivity contribution in [2.45, 2.75) is 39.7 Å². The molecule has 0 spiro atoms. The van der Waals surface area contributed by atoms with E-state index in [1.54, 1.807) is 6.07 Å². The fraction of sp³-hybridized carbons (Fsp3) is 0.353. The van der Waals surface area contributed by atoms with Gasteiger partial charge in [-0.1, -0.05) is 12.1 Å². The van der Waals surface area contributed by atoms with Crippen LogP contribution < -0.4 is 11.4 Å². The topological polar surface area (TPSA) is 99.6 Å². The zero-order chi connectivity index (χ0) is 17.1. The Bertz CT molecular complexity index is 822. The average molecular weight is 317 g/mol. The predicted molar refractivity (Wildman–Crippen MR) is 85.0 cm³/mol. The Morgan fingerprint density at radius 3 is 2.65 bits per heavy atom. The third-order valence-electron chi connectivity index (χ3n) is 3.73. The van der Waals surface area contributed by atoms with Crippen molar-refractivity contribution < 1.29 is 18.7 Å². The summed E-state index contributed by atoms with van der Waals surface area (Å²) in [6.07, 6.45) is -0.831. The smallest absolute Gasteiger partial charge is 0.339 e. The van der Waals surface area contributed by atoms with Crippen molar-refractivity contribution in [2.24, 2.45) is 5.73 Å². The molecule has 0 radical (unpaired) electrons. The van der Waals surface area contributed by atoms with E-state index in [0.717, 1.165) is 16.5 Å². The van der Waals surface area contributed by atoms with Crippen LogP contribution in [-0.2, 0) is 20.7 Å². The van der Waals surface area contributed by atoms with Gasteiger partial charge in [-0.25, -0.2) is 4.79 Å². The third-order valence-corrected chi connectivity index (χ3v) is 3.73. The van der Waals surface area contributed by atoms with Crippen molar-refractivity contribution in [3.8, 4) is 0 Å². The summed E-state index contributed by atoms with van der Waals surface area (Å²) >= 11 is 0. The van der Waals surface area contributed by atoms with Gasteiger partial charge in [-0.3, -0.25) is 9.59 Å². The predicted octanol–water partition coefficient (Wildman–Crippen LogP) is 1.76. The number of aryl methyl sites for hydroxylation is 2. The number of ether oxygens (including phenoxy) is 1. The van der Waals surface area contributed by atoms with Gasteiger partial charge in [0.2, 0.25) is 0 Å². The second-order valence-corrected chi connectivity index (χ2v) is 5.53. The fourth-order valence-corrected chi connectivity index (χ4v) is 2.33. The van der Waals surface area contributed by atoms with E-state index >= 15 is 0 Å². The zero-order valence-corrected chi connectivity index (χ0v) is 13.3. The summed E-state index contributed by atoms with van der Waals surface area (Å²) in [5, 5.41) is 0.837. The summed E-state index contributed by atoms with van der Waals surface area (Å²) in [7, 11) is 0. The number of primary amides is 1. The standard InChI is InChI=1S/C17H19NO5/c1-9-4-5-12-10(2)13(17(21)23-14(12)8-9)6-7-15(19)22-11(3)16(18)20/h4-5,8,11H,6-7H2,1-3H3,(H2,18,20). The third kappa shape index (κ3) is 3.77. The normalized spacial score (nSPS) is 12.1. The van der Waals surface area contributed by atoms with Crippen molar-refractivity contribution in [3.63, 3.8) is 0 Å². The summed E-state index contributed by atoms with van der Waals surface area (Å²) in [5.41, 5.74) is 7.32. The molecule has 1 aromatic carbocycles. The Balaban J connectivity index is 2.21. The van der Waals surface area contributed by atoms with Gasteiger partial charge in [-0.15, -0.1) is 0 Å². The molecule has 1 amide bonds. The molecule has 0 saturated heterocycles. The summed E-state index contributed by atoms with van der Waals surface area (Å²) in [5.74, 6) is -1.30. The number of hydrogen-bond donors (Lipinski definition) is 1. The van der Waals surface area contributed by atoms with Crippen LogP contribution in [0.4, 0.5) is 0 Å². The summed E-state index contributed by atoms with van der Waals surface area (Å²) in [6, 6.07) is 5.62. The largest absolute Gasteiger partial charge is 0.453 e. The second-order valence-electron chi connectivity index (χ2n) is 5.53. The van der Waals surface area contributed by atoms with Gasteiger partial charge in [-0.05, 0) is 44.4 Å². The highest BCUT2D eigenvalue weighted by molar-refractivity contribution is 5.83. The Morgan fingerprint density at radius 2 is 2.00 bits per heavy atom. The van der Waals surface area contributed by atoms with E-state index in [1.165, 1.54) is 6.92 Å². The van der Waals surface area contributed by atoms with Crippen molar-refractivity contribution in [3.05, 3.63) is 45.3 Å². The van der Waals surface area contributed by atoms with Crippen LogP contribution in [0.15, 0.2) is 27.4 Å². The van der Waals surface area contributed by atoms with E-state index < -0.39 is 23.6 Å². The lowest BCUT2D eigenvalue weighted by Gasteiger charge is -2.10. The van der Waals surface area contributed by atoms with Crippen LogP contribution in [-0.4, -0.2) is 18.0 Å². The van der Waals surface area contributed by atoms with Crippen molar-refractivity contribution in [2.75, 3.05) is 0 Å². The lowest BCUT2D eigenvalue weighted by atomic mass is 10.0. The highest BCUT2D eigenvalue weighted by Crippen LogP contribution is 2.21. The number of fused-ring (bicyclic) bond motifs is 1. The Kier molecular flexibility index (Phi) is 4.83. The number of hydrogen-bond acceptors (Lipinski definition) is 5. The van der Waals surface area contributed by atoms with Crippen LogP contribution in [0.25, 0.3) is 11.0 Å². The summed E-state index contributed by atoms with van der Waals surface area (Å²) in [4.78, 5) is 34.7. The highest BCUT2D eigenvalue weighted by Gasteiger charge is 2.17. The number of esters is 1. The highest BCUT2D eigenvalue weighted by atomic mass is 16.5. The monoisotopic (exact) mass is 317 g/mol. The number of amides is 1. The summed E-state index contributed by atoms with van der Waals surface area (Å²) < 4.78 is 10.2. The van der Waals surface area contributed by atoms with Gasteiger partial charge >= 0.3 is 11.6 Å². The average Bonchev–Trinajstić information content (AvgIpc) is 2.46. The Morgan fingerprint density at radius 1 is 1.30 bits per heavy atom. The molecule has 1 heterocycles. The quantitative estimate of drug-likeness (QED) is 0.669. The van der Waals surface area contributed by atoms with E-state index in [0.29, 0.717) is 11.1 Å². The maximum Gasteiger partial charge on any atom is 0.339 e. The number of nitrogens with two attached hydrogens (primary N) is 1. The molecule has 2 aromatic rings. The molecule has 2 N–H and O–H groups in total. The molecule has 23 heavy (non-hydrogen) atoms. The van der Waals surface area contributed by atoms with Gasteiger partial charge in [0.25, 0.3) is 5.91 Å². The molecular weight excluding hydrogens is 298 g/mol. The van der Waals surface area contributed by atoms with E-state index in [-0.39, 0.29) is 12.8 Å². The molecule has 0 aliphatic carbocycles. The van der Waals surface area contributed by atoms with Crippen molar-refractivity contribution in [1.82, 2.24) is 0 Å². The molecule has 1 atom stereocenters. The molecule has 1 unspecified atom stereocenters. The molecular formula is C17H19NO5. The molecule has 0 aliphatic heterocycles. The SMILES string of the molecule is Cc1ccc2c(C)c(CCC(=O)OC(C)C(N)=O)c(=O)oc2c1. The lowest BCUT2D eigenvalue weighted by Crippen LogP contribution is -2.30. The van der Waals surface area contributed by atoms with Gasteiger partial charge in [0.15, 0.2) is 6.10 Å². The first kappa shape index (κ1) is 16.7. The van der Waals surface area contributed by atoms with Crippen molar-refractivity contribution in [1.29, 1.82) is 0 Å². The van der Waals surface area contributed by atoms with Crippen LogP contribution in [0.5, 0.6) is 0 Å². The first-order chi connectivity index (χ1) is 10.8. The Hall–Kier alpha value is -2.63. The molecule has 122 valence electrons. The minimum atomic E-state index is -0.986. The first-order valence-electron chi connectivity index (χ1n) is 7.31. The van der Waals surface area contributed by atoms with Gasteiger partial charge in [-0.2, -0.15) is 0 Å². The number of rotatable bonds is 5. The Labute approximate surface area is 133 Å². The molecule has 1 aromatic heterocycles.